The van der Waals surface area contributed by atoms with E-state index in [1.807, 2.05) is 0 Å². The van der Waals surface area contributed by atoms with Crippen LogP contribution < -0.4 is 5.32 Å². The van der Waals surface area contributed by atoms with Crippen LogP contribution in [0.25, 0.3) is 0 Å². The molecule has 1 amide bonds. The van der Waals surface area contributed by atoms with E-state index in [4.69, 9.17) is 4.74 Å². The highest BCUT2D eigenvalue weighted by Gasteiger charge is 2.61. The van der Waals surface area contributed by atoms with Gasteiger partial charge in [-0.3, -0.25) is 9.69 Å². The minimum absolute atomic E-state index is 0.0233. The summed E-state index contributed by atoms with van der Waals surface area (Å²) in [5, 5.41) is 2.42. The highest BCUT2D eigenvalue weighted by Crippen LogP contribution is 2.45. The van der Waals surface area contributed by atoms with Crippen LogP contribution in [-0.4, -0.2) is 67.3 Å². The molecule has 0 aromatic rings. The van der Waals surface area contributed by atoms with Gasteiger partial charge >= 0.3 is 0 Å². The largest absolute Gasteiger partial charge is 0.383 e. The number of amides is 1. The molecule has 2 unspecified atom stereocenters. The Hall–Kier alpha value is -0.650. The Kier molecular flexibility index (Phi) is 5.05. The first kappa shape index (κ1) is 16.2. The topological polar surface area (TPSA) is 49.4 Å². The molecule has 3 rings (SSSR count). The molecule has 126 valence electrons. The lowest BCUT2D eigenvalue weighted by molar-refractivity contribution is -0.688. The zero-order chi connectivity index (χ0) is 15.6. The molecule has 3 fully saturated rings. The minimum Gasteiger partial charge on any atom is -0.383 e. The van der Waals surface area contributed by atoms with Gasteiger partial charge in [-0.05, 0) is 19.3 Å². The number of nitrogens with zero attached hydrogens (tertiary/aromatic N) is 2. The fourth-order valence-electron chi connectivity index (χ4n) is 4.71. The van der Waals surface area contributed by atoms with Gasteiger partial charge in [0.25, 0.3) is 0 Å². The van der Waals surface area contributed by atoms with E-state index < -0.39 is 0 Å². The molecule has 5 heteroatoms. The zero-order valence-electron chi connectivity index (χ0n) is 14.2. The van der Waals surface area contributed by atoms with Crippen molar-refractivity contribution in [2.24, 2.45) is 5.92 Å². The molecular weight excluding hydrogens is 278 g/mol. The van der Waals surface area contributed by atoms with Gasteiger partial charge in [-0.15, -0.1) is 0 Å². The fourth-order valence-corrected chi connectivity index (χ4v) is 4.71. The summed E-state index contributed by atoms with van der Waals surface area (Å²) in [6, 6.07) is 0.375. The monoisotopic (exact) mass is 310 g/mol. The van der Waals surface area contributed by atoms with E-state index in [1.165, 1.54) is 32.1 Å². The van der Waals surface area contributed by atoms with Crippen LogP contribution in [0.1, 0.15) is 45.4 Å². The lowest BCUT2D eigenvalue weighted by atomic mass is 9.73. The van der Waals surface area contributed by atoms with Gasteiger partial charge in [-0.25, -0.2) is 0 Å². The third kappa shape index (κ3) is 2.57. The first-order valence-electron chi connectivity index (χ1n) is 9.11. The number of rotatable bonds is 7. The van der Waals surface area contributed by atoms with Crippen molar-refractivity contribution in [1.82, 2.24) is 9.80 Å². The molecule has 0 aromatic carbocycles. The molecule has 2 saturated heterocycles. The quantitative estimate of drug-likeness (QED) is 0.693. The van der Waals surface area contributed by atoms with Crippen molar-refractivity contribution in [2.75, 3.05) is 39.9 Å². The predicted octanol–water partition coefficient (Wildman–Crippen LogP) is 0.409. The summed E-state index contributed by atoms with van der Waals surface area (Å²) in [4.78, 5) is 17.5. The van der Waals surface area contributed by atoms with E-state index in [9.17, 15) is 4.79 Å². The van der Waals surface area contributed by atoms with Gasteiger partial charge in [-0.1, -0.05) is 26.2 Å². The Bertz CT molecular complexity index is 397. The summed E-state index contributed by atoms with van der Waals surface area (Å²) in [6.45, 7) is 6.61. The van der Waals surface area contributed by atoms with Gasteiger partial charge in [0, 0.05) is 19.6 Å². The Morgan fingerprint density at radius 2 is 2.18 bits per heavy atom. The van der Waals surface area contributed by atoms with E-state index in [1.54, 1.807) is 7.11 Å². The molecule has 0 aromatic heterocycles. The number of quaternary nitrogens is 1. The number of hydrogen-bond donors (Lipinski definition) is 1. The summed E-state index contributed by atoms with van der Waals surface area (Å²) >= 11 is 0. The highest BCUT2D eigenvalue weighted by atomic mass is 16.5. The van der Waals surface area contributed by atoms with Crippen LogP contribution in [0.4, 0.5) is 0 Å². The summed E-state index contributed by atoms with van der Waals surface area (Å²) < 4.78 is 5.44. The van der Waals surface area contributed by atoms with Crippen molar-refractivity contribution in [3.8, 4) is 0 Å². The first-order chi connectivity index (χ1) is 10.7. The average molecular weight is 310 g/mol. The first-order valence-corrected chi connectivity index (χ1v) is 9.11. The van der Waals surface area contributed by atoms with Gasteiger partial charge < -0.3 is 15.0 Å². The number of methoxy groups -OCH3 is 1. The number of ether oxygens (including phenoxy) is 1. The van der Waals surface area contributed by atoms with Crippen LogP contribution in [-0.2, 0) is 9.53 Å². The molecule has 2 heterocycles. The van der Waals surface area contributed by atoms with E-state index in [0.29, 0.717) is 24.4 Å². The molecule has 0 spiro atoms. The minimum atomic E-state index is -0.0233. The molecule has 2 aliphatic heterocycles. The second kappa shape index (κ2) is 6.85. The van der Waals surface area contributed by atoms with Crippen molar-refractivity contribution in [3.63, 3.8) is 0 Å². The summed E-state index contributed by atoms with van der Waals surface area (Å²) in [7, 11) is 1.77. The van der Waals surface area contributed by atoms with Crippen LogP contribution in [0.5, 0.6) is 0 Å². The number of fused-ring (bicyclic) bond motifs is 1. The Balaban J connectivity index is 1.84. The molecule has 2 atom stereocenters. The maximum Gasteiger partial charge on any atom is 0.238 e. The molecular formula is C17H32N3O2+. The summed E-state index contributed by atoms with van der Waals surface area (Å²) in [5.74, 6) is 1.01. The maximum absolute atomic E-state index is 12.8. The molecule has 2 N–H and O–H groups in total. The molecule has 1 saturated carbocycles. The normalized spacial score (nSPS) is 33.1. The van der Waals surface area contributed by atoms with Gasteiger partial charge in [0.15, 0.2) is 0 Å². The van der Waals surface area contributed by atoms with Crippen LogP contribution in [0.15, 0.2) is 0 Å². The van der Waals surface area contributed by atoms with Gasteiger partial charge in [0.2, 0.25) is 5.91 Å². The standard InChI is InChI=1S/C17H31N3O2/c1-3-4-5-9-19-16(21)11-20-15(12-22-2)10-18-13-17(19,20)14-7-6-8-14/h14-15,18H,3-13H2,1-2H3/p+1. The second-order valence-corrected chi connectivity index (χ2v) is 7.22. The van der Waals surface area contributed by atoms with E-state index in [2.05, 4.69) is 22.0 Å². The Morgan fingerprint density at radius 1 is 1.36 bits per heavy atom. The van der Waals surface area contributed by atoms with Gasteiger partial charge in [0.1, 0.15) is 12.2 Å². The zero-order valence-corrected chi connectivity index (χ0v) is 14.2. The number of carbonyl (C=O) groups is 1. The van der Waals surface area contributed by atoms with Gasteiger partial charge in [0.05, 0.1) is 25.7 Å². The van der Waals surface area contributed by atoms with E-state index >= 15 is 0 Å². The Morgan fingerprint density at radius 3 is 2.82 bits per heavy atom. The summed E-state index contributed by atoms with van der Waals surface area (Å²) in [6.07, 6.45) is 7.45. The number of unbranched alkanes of at least 4 members (excludes halogenated alkanes) is 2. The second-order valence-electron chi connectivity index (χ2n) is 7.22. The third-order valence-corrected chi connectivity index (χ3v) is 6.00. The van der Waals surface area contributed by atoms with Crippen molar-refractivity contribution in [3.05, 3.63) is 0 Å². The SMILES string of the molecule is CCCCCN1C(=O)CN2C(COC)C[NH2+]CC12C1CCC1. The van der Waals surface area contributed by atoms with Crippen molar-refractivity contribution < 1.29 is 14.8 Å². The third-order valence-electron chi connectivity index (χ3n) is 6.00. The van der Waals surface area contributed by atoms with Crippen LogP contribution >= 0.6 is 0 Å². The predicted molar refractivity (Wildman–Crippen MR) is 85.3 cm³/mol. The number of carbonyl (C=O) groups excluding carboxylic acids is 1. The van der Waals surface area contributed by atoms with Crippen molar-refractivity contribution in [1.29, 1.82) is 0 Å². The lowest BCUT2D eigenvalue weighted by Crippen LogP contribution is -2.98. The van der Waals surface area contributed by atoms with Gasteiger partial charge in [-0.2, -0.15) is 0 Å². The van der Waals surface area contributed by atoms with Crippen molar-refractivity contribution >= 4 is 5.91 Å². The fraction of sp³-hybridized carbons (Fsp3) is 0.941. The molecule has 5 nitrogen and oxygen atoms in total. The van der Waals surface area contributed by atoms with Crippen LogP contribution in [0.2, 0.25) is 0 Å². The molecule has 3 aliphatic rings. The maximum atomic E-state index is 12.8. The van der Waals surface area contributed by atoms with E-state index in [0.717, 1.165) is 32.7 Å². The number of hydrogen-bond acceptors (Lipinski definition) is 3. The summed E-state index contributed by atoms with van der Waals surface area (Å²) in [5.41, 5.74) is -0.0233. The average Bonchev–Trinajstić information content (AvgIpc) is 2.72. The van der Waals surface area contributed by atoms with Crippen molar-refractivity contribution in [2.45, 2.75) is 57.2 Å². The highest BCUT2D eigenvalue weighted by molar-refractivity contribution is 5.82. The molecule has 0 radical (unpaired) electrons. The number of nitrogens with two attached hydrogens (primary N) is 1. The number of piperazine rings is 1. The molecule has 0 bridgehead atoms. The van der Waals surface area contributed by atoms with Crippen LogP contribution in [0.3, 0.4) is 0 Å². The lowest BCUT2D eigenvalue weighted by Gasteiger charge is -2.54. The molecule has 22 heavy (non-hydrogen) atoms. The Labute approximate surface area is 134 Å². The van der Waals surface area contributed by atoms with E-state index in [-0.39, 0.29) is 5.66 Å². The molecule has 1 aliphatic carbocycles. The smallest absolute Gasteiger partial charge is 0.238 e. The van der Waals surface area contributed by atoms with Crippen LogP contribution in [0, 0.1) is 5.92 Å².